The van der Waals surface area contributed by atoms with Gasteiger partial charge in [0, 0.05) is 62.3 Å². The lowest BCUT2D eigenvalue weighted by molar-refractivity contribution is 0.0797. The molecule has 6 heteroatoms. The molecule has 0 N–H and O–H groups in total. The number of hydrogen-bond acceptors (Lipinski definition) is 5. The molecular weight excluding hydrogens is 338 g/mol. The molecule has 2 aromatic heterocycles. The molecule has 0 radical (unpaired) electrons. The number of aromatic nitrogens is 4. The van der Waals surface area contributed by atoms with E-state index in [9.17, 15) is 4.79 Å². The van der Waals surface area contributed by atoms with Crippen molar-refractivity contribution in [2.45, 2.75) is 57.4 Å². The summed E-state index contributed by atoms with van der Waals surface area (Å²) >= 11 is 0. The lowest BCUT2D eigenvalue weighted by Gasteiger charge is -2.31. The van der Waals surface area contributed by atoms with Gasteiger partial charge in [-0.15, -0.1) is 0 Å². The van der Waals surface area contributed by atoms with E-state index in [-0.39, 0.29) is 11.7 Å². The summed E-state index contributed by atoms with van der Waals surface area (Å²) in [6.07, 6.45) is 15.9. The molecule has 0 amide bonds. The second-order valence-electron chi connectivity index (χ2n) is 8.08. The fourth-order valence-corrected chi connectivity index (χ4v) is 4.47. The van der Waals surface area contributed by atoms with E-state index in [4.69, 9.17) is 0 Å². The number of aryl methyl sites for hydroxylation is 1. The maximum absolute atomic E-state index is 12.8. The minimum absolute atomic E-state index is 0.0299. The van der Waals surface area contributed by atoms with E-state index in [0.29, 0.717) is 11.7 Å². The Hall–Kier alpha value is -2.08. The molecule has 2 fully saturated rings. The Morgan fingerprint density at radius 2 is 1.85 bits per heavy atom. The minimum atomic E-state index is 0.0299. The van der Waals surface area contributed by atoms with Gasteiger partial charge in [0.25, 0.3) is 0 Å². The van der Waals surface area contributed by atoms with Gasteiger partial charge in [-0.2, -0.15) is 0 Å². The Labute approximate surface area is 161 Å². The molecule has 144 valence electrons. The van der Waals surface area contributed by atoms with E-state index in [0.717, 1.165) is 43.9 Å². The van der Waals surface area contributed by atoms with E-state index >= 15 is 0 Å². The van der Waals surface area contributed by atoms with Crippen molar-refractivity contribution in [2.24, 2.45) is 13.0 Å². The van der Waals surface area contributed by atoms with Crippen LogP contribution in [0.3, 0.4) is 0 Å². The van der Waals surface area contributed by atoms with Crippen LogP contribution < -0.4 is 0 Å². The zero-order chi connectivity index (χ0) is 18.6. The third-order valence-electron chi connectivity index (χ3n) is 6.02. The first kappa shape index (κ1) is 18.3. The molecule has 6 nitrogen and oxygen atoms in total. The van der Waals surface area contributed by atoms with Crippen LogP contribution in [0.5, 0.6) is 0 Å². The Morgan fingerprint density at radius 3 is 2.56 bits per heavy atom. The van der Waals surface area contributed by atoms with Crippen molar-refractivity contribution < 1.29 is 4.79 Å². The SMILES string of the molecule is Cn1ccnc1C(=O)[C@H]1CCCN(Cc2cnc(C3CCCCC3)nc2)C1. The van der Waals surface area contributed by atoms with Crippen molar-refractivity contribution in [3.63, 3.8) is 0 Å². The van der Waals surface area contributed by atoms with Crippen LogP contribution in [-0.2, 0) is 13.6 Å². The van der Waals surface area contributed by atoms with Crippen molar-refractivity contribution in [3.8, 4) is 0 Å². The second kappa shape index (κ2) is 8.30. The Bertz CT molecular complexity index is 763. The number of nitrogens with zero attached hydrogens (tertiary/aromatic N) is 5. The molecule has 27 heavy (non-hydrogen) atoms. The first-order chi connectivity index (χ1) is 13.2. The fourth-order valence-electron chi connectivity index (χ4n) is 4.47. The van der Waals surface area contributed by atoms with Gasteiger partial charge in [-0.3, -0.25) is 9.69 Å². The smallest absolute Gasteiger partial charge is 0.202 e. The van der Waals surface area contributed by atoms with Gasteiger partial charge in [0.15, 0.2) is 5.82 Å². The van der Waals surface area contributed by atoms with E-state index < -0.39 is 0 Å². The van der Waals surface area contributed by atoms with Crippen molar-refractivity contribution >= 4 is 5.78 Å². The van der Waals surface area contributed by atoms with Crippen LogP contribution in [0.25, 0.3) is 0 Å². The second-order valence-corrected chi connectivity index (χ2v) is 8.08. The summed E-state index contributed by atoms with van der Waals surface area (Å²) < 4.78 is 1.82. The zero-order valence-electron chi connectivity index (χ0n) is 16.2. The molecule has 0 spiro atoms. The molecule has 0 bridgehead atoms. The molecule has 1 aliphatic carbocycles. The first-order valence-electron chi connectivity index (χ1n) is 10.3. The standard InChI is InChI=1S/C21H29N5O/c1-25-11-9-22-21(25)19(27)18-8-5-10-26(15-18)14-16-12-23-20(24-13-16)17-6-3-2-4-7-17/h9,11-13,17-18H,2-8,10,14-15H2,1H3/t18-/m0/s1. The molecule has 3 heterocycles. The number of Topliss-reactive ketones (excluding diaryl/α,β-unsaturated/α-hetero) is 1. The van der Waals surface area contributed by atoms with E-state index in [2.05, 4.69) is 19.9 Å². The highest BCUT2D eigenvalue weighted by Crippen LogP contribution is 2.30. The Kier molecular flexibility index (Phi) is 5.62. The summed E-state index contributed by atoms with van der Waals surface area (Å²) in [6, 6.07) is 0. The van der Waals surface area contributed by atoms with Gasteiger partial charge < -0.3 is 4.57 Å². The summed E-state index contributed by atoms with van der Waals surface area (Å²) in [6.45, 7) is 2.63. The largest absolute Gasteiger partial charge is 0.332 e. The topological polar surface area (TPSA) is 63.9 Å². The fraction of sp³-hybridized carbons (Fsp3) is 0.619. The molecule has 2 aromatic rings. The van der Waals surface area contributed by atoms with Gasteiger partial charge in [0.05, 0.1) is 0 Å². The number of carbonyl (C=O) groups excluding carboxylic acids is 1. The summed E-state index contributed by atoms with van der Waals surface area (Å²) in [4.78, 5) is 28.7. The number of hydrogen-bond donors (Lipinski definition) is 0. The predicted molar refractivity (Wildman–Crippen MR) is 103 cm³/mol. The van der Waals surface area contributed by atoms with Crippen molar-refractivity contribution in [2.75, 3.05) is 13.1 Å². The van der Waals surface area contributed by atoms with Gasteiger partial charge in [-0.1, -0.05) is 19.3 Å². The average Bonchev–Trinajstić information content (AvgIpc) is 3.15. The minimum Gasteiger partial charge on any atom is -0.332 e. The van der Waals surface area contributed by atoms with Crippen LogP contribution >= 0.6 is 0 Å². The normalized spacial score (nSPS) is 22.0. The van der Waals surface area contributed by atoms with Gasteiger partial charge in [-0.25, -0.2) is 15.0 Å². The number of piperidine rings is 1. The quantitative estimate of drug-likeness (QED) is 0.758. The summed E-state index contributed by atoms with van der Waals surface area (Å²) in [5.74, 6) is 2.32. The summed E-state index contributed by atoms with van der Waals surface area (Å²) in [7, 11) is 1.88. The molecule has 4 rings (SSSR count). The maximum Gasteiger partial charge on any atom is 0.202 e. The lowest BCUT2D eigenvalue weighted by Crippen LogP contribution is -2.39. The number of carbonyl (C=O) groups is 1. The van der Waals surface area contributed by atoms with Crippen molar-refractivity contribution in [3.05, 3.63) is 42.0 Å². The predicted octanol–water partition coefficient (Wildman–Crippen LogP) is 3.35. The molecule has 0 aromatic carbocycles. The van der Waals surface area contributed by atoms with Crippen LogP contribution in [0.2, 0.25) is 0 Å². The highest BCUT2D eigenvalue weighted by Gasteiger charge is 2.28. The van der Waals surface area contributed by atoms with E-state index in [1.807, 2.05) is 30.2 Å². The average molecular weight is 367 g/mol. The van der Waals surface area contributed by atoms with Crippen LogP contribution in [-0.4, -0.2) is 43.3 Å². The molecular formula is C21H29N5O. The Balaban J connectivity index is 1.36. The zero-order valence-corrected chi connectivity index (χ0v) is 16.2. The van der Waals surface area contributed by atoms with Crippen LogP contribution in [0, 0.1) is 5.92 Å². The molecule has 2 aliphatic rings. The molecule has 1 saturated carbocycles. The molecule has 0 unspecified atom stereocenters. The van der Waals surface area contributed by atoms with Crippen molar-refractivity contribution in [1.29, 1.82) is 0 Å². The molecule has 1 saturated heterocycles. The number of ketones is 1. The third kappa shape index (κ3) is 4.26. The Morgan fingerprint density at radius 1 is 1.07 bits per heavy atom. The molecule has 1 atom stereocenters. The van der Waals surface area contributed by atoms with Gasteiger partial charge in [0.1, 0.15) is 5.82 Å². The van der Waals surface area contributed by atoms with E-state index in [1.54, 1.807) is 6.20 Å². The maximum atomic E-state index is 12.8. The monoisotopic (exact) mass is 367 g/mol. The number of rotatable bonds is 5. The van der Waals surface area contributed by atoms with Gasteiger partial charge >= 0.3 is 0 Å². The van der Waals surface area contributed by atoms with Crippen LogP contribution in [0.15, 0.2) is 24.8 Å². The summed E-state index contributed by atoms with van der Waals surface area (Å²) in [5.41, 5.74) is 1.14. The number of likely N-dealkylation sites (tertiary alicyclic amines) is 1. The highest BCUT2D eigenvalue weighted by atomic mass is 16.1. The number of imidazole rings is 1. The highest BCUT2D eigenvalue weighted by molar-refractivity contribution is 5.94. The third-order valence-corrected chi connectivity index (χ3v) is 6.02. The van der Waals surface area contributed by atoms with Crippen LogP contribution in [0.1, 0.15) is 72.9 Å². The molecule has 1 aliphatic heterocycles. The van der Waals surface area contributed by atoms with E-state index in [1.165, 1.54) is 32.1 Å². The first-order valence-corrected chi connectivity index (χ1v) is 10.3. The van der Waals surface area contributed by atoms with Gasteiger partial charge in [-0.05, 0) is 32.2 Å². The van der Waals surface area contributed by atoms with Crippen LogP contribution in [0.4, 0.5) is 0 Å². The lowest BCUT2D eigenvalue weighted by atomic mass is 9.89. The van der Waals surface area contributed by atoms with Crippen molar-refractivity contribution in [1.82, 2.24) is 24.4 Å². The van der Waals surface area contributed by atoms with Gasteiger partial charge in [0.2, 0.25) is 5.78 Å². The summed E-state index contributed by atoms with van der Waals surface area (Å²) in [5, 5.41) is 0.